The molecular weight excluding hydrogens is 453 g/mol. The SMILES string of the molecule is CC(C)Oc1c(Br)cc(CNc2cc(Cl)cc(Cl)c2)cc1Br. The van der Waals surface area contributed by atoms with E-state index in [-0.39, 0.29) is 6.10 Å². The minimum Gasteiger partial charge on any atom is -0.489 e. The van der Waals surface area contributed by atoms with E-state index in [1.807, 2.05) is 38.1 Å². The van der Waals surface area contributed by atoms with Crippen LogP contribution in [0.4, 0.5) is 5.69 Å². The minimum absolute atomic E-state index is 0.116. The van der Waals surface area contributed by atoms with Gasteiger partial charge in [0, 0.05) is 22.3 Å². The predicted octanol–water partition coefficient (Wildman–Crippen LogP) is 6.92. The van der Waals surface area contributed by atoms with Crippen LogP contribution in [-0.2, 0) is 6.54 Å². The highest BCUT2D eigenvalue weighted by Crippen LogP contribution is 2.35. The summed E-state index contributed by atoms with van der Waals surface area (Å²) < 4.78 is 7.60. The molecule has 0 amide bonds. The van der Waals surface area contributed by atoms with Crippen LogP contribution in [0.5, 0.6) is 5.75 Å². The van der Waals surface area contributed by atoms with Crippen LogP contribution in [0.1, 0.15) is 19.4 Å². The van der Waals surface area contributed by atoms with Crippen LogP contribution in [0, 0.1) is 0 Å². The minimum atomic E-state index is 0.116. The zero-order valence-corrected chi connectivity index (χ0v) is 16.8. The molecule has 2 rings (SSSR count). The Morgan fingerprint density at radius 1 is 1.00 bits per heavy atom. The van der Waals surface area contributed by atoms with Gasteiger partial charge in [-0.3, -0.25) is 0 Å². The first-order valence-corrected chi connectivity index (χ1v) is 9.04. The Kier molecular flexibility index (Phi) is 6.45. The second-order valence-electron chi connectivity index (χ2n) is 5.07. The monoisotopic (exact) mass is 465 g/mol. The van der Waals surface area contributed by atoms with Gasteiger partial charge in [-0.25, -0.2) is 0 Å². The Labute approximate surface area is 157 Å². The van der Waals surface area contributed by atoms with Crippen LogP contribution in [0.15, 0.2) is 39.3 Å². The highest BCUT2D eigenvalue weighted by Gasteiger charge is 2.10. The lowest BCUT2D eigenvalue weighted by molar-refractivity contribution is 0.239. The summed E-state index contributed by atoms with van der Waals surface area (Å²) in [5.41, 5.74) is 1.98. The first-order valence-electron chi connectivity index (χ1n) is 6.69. The molecule has 2 aromatic carbocycles. The Bertz CT molecular complexity index is 634. The maximum Gasteiger partial charge on any atom is 0.148 e. The van der Waals surface area contributed by atoms with Gasteiger partial charge in [-0.15, -0.1) is 0 Å². The first kappa shape index (κ1) is 17.9. The lowest BCUT2D eigenvalue weighted by atomic mass is 10.2. The maximum absolute atomic E-state index is 6.00. The summed E-state index contributed by atoms with van der Waals surface area (Å²) in [6.07, 6.45) is 0.116. The van der Waals surface area contributed by atoms with Crippen LogP contribution in [-0.4, -0.2) is 6.10 Å². The van der Waals surface area contributed by atoms with Crippen molar-refractivity contribution in [1.29, 1.82) is 0 Å². The van der Waals surface area contributed by atoms with Gasteiger partial charge in [0.15, 0.2) is 0 Å². The van der Waals surface area contributed by atoms with Gasteiger partial charge in [-0.05, 0) is 81.6 Å². The summed E-state index contributed by atoms with van der Waals surface area (Å²) in [7, 11) is 0. The number of hydrogen-bond donors (Lipinski definition) is 1. The van der Waals surface area contributed by atoms with E-state index in [4.69, 9.17) is 27.9 Å². The van der Waals surface area contributed by atoms with Crippen molar-refractivity contribution in [2.75, 3.05) is 5.32 Å². The molecule has 2 nitrogen and oxygen atoms in total. The number of nitrogens with one attached hydrogen (secondary N) is 1. The van der Waals surface area contributed by atoms with Gasteiger partial charge >= 0.3 is 0 Å². The Morgan fingerprint density at radius 3 is 2.05 bits per heavy atom. The van der Waals surface area contributed by atoms with E-state index in [0.29, 0.717) is 16.6 Å². The standard InChI is InChI=1S/C16H15Br2Cl2NO/c1-9(2)22-16-14(17)3-10(4-15(16)18)8-21-13-6-11(19)5-12(20)7-13/h3-7,9,21H,8H2,1-2H3. The molecule has 0 unspecified atom stereocenters. The number of ether oxygens (including phenoxy) is 1. The number of rotatable bonds is 5. The van der Waals surface area contributed by atoms with Gasteiger partial charge in [0.2, 0.25) is 0 Å². The van der Waals surface area contributed by atoms with Crippen LogP contribution in [0.25, 0.3) is 0 Å². The van der Waals surface area contributed by atoms with Gasteiger partial charge < -0.3 is 10.1 Å². The zero-order valence-electron chi connectivity index (χ0n) is 12.1. The lowest BCUT2D eigenvalue weighted by Crippen LogP contribution is -2.07. The van der Waals surface area contributed by atoms with E-state index in [9.17, 15) is 0 Å². The van der Waals surface area contributed by atoms with Gasteiger partial charge in [0.05, 0.1) is 15.0 Å². The molecule has 0 radical (unpaired) electrons. The zero-order chi connectivity index (χ0) is 16.3. The van der Waals surface area contributed by atoms with E-state index in [1.165, 1.54) is 0 Å². The fraction of sp³-hybridized carbons (Fsp3) is 0.250. The normalized spacial score (nSPS) is 10.9. The van der Waals surface area contributed by atoms with Crippen LogP contribution in [0.3, 0.4) is 0 Å². The molecule has 6 heteroatoms. The molecule has 22 heavy (non-hydrogen) atoms. The summed E-state index contributed by atoms with van der Waals surface area (Å²) in [6, 6.07) is 9.45. The van der Waals surface area contributed by atoms with E-state index < -0.39 is 0 Å². The van der Waals surface area contributed by atoms with Crippen molar-refractivity contribution in [2.45, 2.75) is 26.5 Å². The molecule has 2 aromatic rings. The third-order valence-corrected chi connectivity index (χ3v) is 4.39. The lowest BCUT2D eigenvalue weighted by Gasteiger charge is -2.15. The molecule has 0 fully saturated rings. The number of benzene rings is 2. The smallest absolute Gasteiger partial charge is 0.148 e. The van der Waals surface area contributed by atoms with Crippen molar-refractivity contribution in [3.05, 3.63) is 54.9 Å². The average Bonchev–Trinajstić information content (AvgIpc) is 2.39. The highest BCUT2D eigenvalue weighted by atomic mass is 79.9. The summed E-state index contributed by atoms with van der Waals surface area (Å²) in [6.45, 7) is 4.64. The molecule has 0 saturated carbocycles. The van der Waals surface area contributed by atoms with Gasteiger partial charge in [0.1, 0.15) is 5.75 Å². The van der Waals surface area contributed by atoms with E-state index >= 15 is 0 Å². The van der Waals surface area contributed by atoms with Crippen LogP contribution < -0.4 is 10.1 Å². The molecule has 118 valence electrons. The van der Waals surface area contributed by atoms with Gasteiger partial charge in [-0.1, -0.05) is 23.2 Å². The number of halogens is 4. The van der Waals surface area contributed by atoms with Gasteiger partial charge in [-0.2, -0.15) is 0 Å². The van der Waals surface area contributed by atoms with Crippen molar-refractivity contribution in [3.63, 3.8) is 0 Å². The maximum atomic E-state index is 6.00. The molecule has 1 N–H and O–H groups in total. The molecule has 0 heterocycles. The number of anilines is 1. The number of hydrogen-bond acceptors (Lipinski definition) is 2. The Morgan fingerprint density at radius 2 is 1.55 bits per heavy atom. The molecule has 0 aliphatic carbocycles. The van der Waals surface area contributed by atoms with Crippen molar-refractivity contribution < 1.29 is 4.74 Å². The van der Waals surface area contributed by atoms with Gasteiger partial charge in [0.25, 0.3) is 0 Å². The highest BCUT2D eigenvalue weighted by molar-refractivity contribution is 9.11. The molecule has 0 bridgehead atoms. The molecule has 0 atom stereocenters. The first-order chi connectivity index (χ1) is 10.3. The molecule has 0 saturated heterocycles. The fourth-order valence-corrected chi connectivity index (χ4v) is 3.92. The summed E-state index contributed by atoms with van der Waals surface area (Å²) >= 11 is 19.1. The van der Waals surface area contributed by atoms with Crippen molar-refractivity contribution in [3.8, 4) is 5.75 Å². The van der Waals surface area contributed by atoms with E-state index in [1.54, 1.807) is 6.07 Å². The van der Waals surface area contributed by atoms with Crippen LogP contribution >= 0.6 is 55.1 Å². The largest absolute Gasteiger partial charge is 0.489 e. The average molecular weight is 468 g/mol. The summed E-state index contributed by atoms with van der Waals surface area (Å²) in [5.74, 6) is 0.810. The third-order valence-electron chi connectivity index (χ3n) is 2.77. The second kappa shape index (κ2) is 7.91. The Balaban J connectivity index is 2.13. The fourth-order valence-electron chi connectivity index (χ4n) is 1.92. The predicted molar refractivity (Wildman–Crippen MR) is 101 cm³/mol. The van der Waals surface area contributed by atoms with Crippen molar-refractivity contribution in [2.24, 2.45) is 0 Å². The molecule has 0 aliphatic heterocycles. The van der Waals surface area contributed by atoms with E-state index in [0.717, 1.165) is 25.9 Å². The van der Waals surface area contributed by atoms with Crippen molar-refractivity contribution >= 4 is 60.7 Å². The topological polar surface area (TPSA) is 21.3 Å². The molecular formula is C16H15Br2Cl2NO. The third kappa shape index (κ3) is 5.05. The molecule has 0 aliphatic rings. The molecule has 0 aromatic heterocycles. The van der Waals surface area contributed by atoms with Crippen molar-refractivity contribution in [1.82, 2.24) is 0 Å². The van der Waals surface area contributed by atoms with Crippen LogP contribution in [0.2, 0.25) is 10.0 Å². The van der Waals surface area contributed by atoms with E-state index in [2.05, 4.69) is 37.2 Å². The quantitative estimate of drug-likeness (QED) is 0.515. The summed E-state index contributed by atoms with van der Waals surface area (Å²) in [4.78, 5) is 0. The molecule has 0 spiro atoms. The second-order valence-corrected chi connectivity index (χ2v) is 7.65. The Hall–Kier alpha value is -0.420. The summed E-state index contributed by atoms with van der Waals surface area (Å²) in [5, 5.41) is 4.52.